The lowest BCUT2D eigenvalue weighted by Crippen LogP contribution is -2.37. The van der Waals surface area contributed by atoms with E-state index in [1.165, 1.54) is 0 Å². The number of hydrogen-bond donors (Lipinski definition) is 0. The number of morpholine rings is 1. The number of anilines is 1. The van der Waals surface area contributed by atoms with Crippen LogP contribution in [0.15, 0.2) is 36.5 Å². The molecule has 0 unspecified atom stereocenters. The first-order chi connectivity index (χ1) is 13.0. The molecular formula is C20H26N4O3. The zero-order valence-corrected chi connectivity index (χ0v) is 16.1. The summed E-state index contributed by atoms with van der Waals surface area (Å²) in [6, 6.07) is 9.46. The Morgan fingerprint density at radius 3 is 2.81 bits per heavy atom. The van der Waals surface area contributed by atoms with Gasteiger partial charge in [-0.25, -0.2) is 9.97 Å². The normalized spacial score (nSPS) is 14.3. The van der Waals surface area contributed by atoms with Crippen LogP contribution in [0.1, 0.15) is 29.9 Å². The van der Waals surface area contributed by atoms with Crippen LogP contribution in [0.25, 0.3) is 0 Å². The second-order valence-corrected chi connectivity index (χ2v) is 6.82. The molecule has 0 N–H and O–H groups in total. The van der Waals surface area contributed by atoms with Crippen molar-refractivity contribution in [1.29, 1.82) is 0 Å². The fourth-order valence-corrected chi connectivity index (χ4v) is 2.91. The van der Waals surface area contributed by atoms with E-state index < -0.39 is 0 Å². The first kappa shape index (κ1) is 19.1. The Labute approximate surface area is 159 Å². The minimum atomic E-state index is -0.137. The predicted octanol–water partition coefficient (Wildman–Crippen LogP) is 2.37. The van der Waals surface area contributed by atoms with Crippen LogP contribution in [0, 0.1) is 0 Å². The molecule has 1 aliphatic rings. The van der Waals surface area contributed by atoms with Crippen molar-refractivity contribution in [1.82, 2.24) is 14.9 Å². The molecular weight excluding hydrogens is 344 g/mol. The third-order valence-electron chi connectivity index (χ3n) is 4.19. The summed E-state index contributed by atoms with van der Waals surface area (Å²) in [4.78, 5) is 25.3. The van der Waals surface area contributed by atoms with Gasteiger partial charge in [0.1, 0.15) is 11.4 Å². The summed E-state index contributed by atoms with van der Waals surface area (Å²) in [5.74, 6) is 1.24. The molecule has 0 spiro atoms. The Hall–Kier alpha value is -2.67. The Kier molecular flexibility index (Phi) is 6.24. The van der Waals surface area contributed by atoms with E-state index in [-0.39, 0.29) is 12.0 Å². The van der Waals surface area contributed by atoms with Crippen LogP contribution >= 0.6 is 0 Å². The van der Waals surface area contributed by atoms with Gasteiger partial charge in [0.2, 0.25) is 5.95 Å². The van der Waals surface area contributed by atoms with Crippen molar-refractivity contribution in [2.75, 3.05) is 38.3 Å². The van der Waals surface area contributed by atoms with Crippen molar-refractivity contribution in [2.24, 2.45) is 0 Å². The number of aromatic nitrogens is 2. The minimum absolute atomic E-state index is 0.110. The highest BCUT2D eigenvalue weighted by Crippen LogP contribution is 2.17. The number of carbonyl (C=O) groups is 1. The minimum Gasteiger partial charge on any atom is -0.491 e. The van der Waals surface area contributed by atoms with Crippen LogP contribution < -0.4 is 9.64 Å². The number of carbonyl (C=O) groups excluding carboxylic acids is 1. The lowest BCUT2D eigenvalue weighted by molar-refractivity contribution is 0.0778. The van der Waals surface area contributed by atoms with Crippen molar-refractivity contribution in [3.05, 3.63) is 47.8 Å². The first-order valence-corrected chi connectivity index (χ1v) is 9.20. The third kappa shape index (κ3) is 5.17. The molecule has 0 aliphatic carbocycles. The summed E-state index contributed by atoms with van der Waals surface area (Å²) < 4.78 is 11.1. The zero-order chi connectivity index (χ0) is 19.2. The van der Waals surface area contributed by atoms with Gasteiger partial charge in [-0.3, -0.25) is 4.79 Å². The van der Waals surface area contributed by atoms with Gasteiger partial charge in [0.15, 0.2) is 0 Å². The molecule has 0 radical (unpaired) electrons. The molecule has 0 saturated carbocycles. The van der Waals surface area contributed by atoms with E-state index >= 15 is 0 Å². The summed E-state index contributed by atoms with van der Waals surface area (Å²) in [5.41, 5.74) is 1.40. The number of ether oxygens (including phenoxy) is 2. The Bertz CT molecular complexity index is 775. The first-order valence-electron chi connectivity index (χ1n) is 9.20. The van der Waals surface area contributed by atoms with E-state index in [1.807, 2.05) is 43.0 Å². The molecule has 1 amide bonds. The molecule has 3 rings (SSSR count). The second-order valence-electron chi connectivity index (χ2n) is 6.82. The lowest BCUT2D eigenvalue weighted by Gasteiger charge is -2.27. The molecule has 1 aromatic carbocycles. The molecule has 7 nitrogen and oxygen atoms in total. The van der Waals surface area contributed by atoms with Crippen LogP contribution in [0.3, 0.4) is 0 Å². The summed E-state index contributed by atoms with van der Waals surface area (Å²) >= 11 is 0. The number of rotatable bonds is 6. The monoisotopic (exact) mass is 370 g/mol. The third-order valence-corrected chi connectivity index (χ3v) is 4.19. The molecule has 2 aromatic rings. The maximum absolute atomic E-state index is 12.8. The lowest BCUT2D eigenvalue weighted by atomic mass is 10.2. The van der Waals surface area contributed by atoms with Gasteiger partial charge in [0, 0.05) is 32.9 Å². The average molecular weight is 370 g/mol. The molecule has 1 aromatic heterocycles. The molecule has 1 fully saturated rings. The Morgan fingerprint density at radius 1 is 1.30 bits per heavy atom. The highest BCUT2D eigenvalue weighted by Gasteiger charge is 2.18. The Morgan fingerprint density at radius 2 is 2.07 bits per heavy atom. The molecule has 144 valence electrons. The molecule has 2 heterocycles. The summed E-state index contributed by atoms with van der Waals surface area (Å²) in [7, 11) is 1.77. The molecule has 1 aliphatic heterocycles. The van der Waals surface area contributed by atoms with Crippen molar-refractivity contribution in [2.45, 2.75) is 26.5 Å². The van der Waals surface area contributed by atoms with E-state index in [0.29, 0.717) is 31.4 Å². The summed E-state index contributed by atoms with van der Waals surface area (Å²) in [6.45, 7) is 7.22. The number of amides is 1. The van der Waals surface area contributed by atoms with E-state index in [4.69, 9.17) is 9.47 Å². The van der Waals surface area contributed by atoms with Gasteiger partial charge >= 0.3 is 0 Å². The van der Waals surface area contributed by atoms with E-state index in [0.717, 1.165) is 24.4 Å². The van der Waals surface area contributed by atoms with Crippen LogP contribution in [0.5, 0.6) is 5.75 Å². The molecule has 7 heteroatoms. The van der Waals surface area contributed by atoms with Crippen LogP contribution in [-0.2, 0) is 11.3 Å². The van der Waals surface area contributed by atoms with Gasteiger partial charge in [-0.15, -0.1) is 0 Å². The van der Waals surface area contributed by atoms with Crippen LogP contribution in [-0.4, -0.2) is 60.2 Å². The van der Waals surface area contributed by atoms with E-state index in [2.05, 4.69) is 9.97 Å². The zero-order valence-electron chi connectivity index (χ0n) is 16.1. The van der Waals surface area contributed by atoms with Gasteiger partial charge < -0.3 is 19.3 Å². The number of nitrogens with zero attached hydrogens (tertiary/aromatic N) is 4. The van der Waals surface area contributed by atoms with Crippen LogP contribution in [0.4, 0.5) is 5.95 Å². The SMILES string of the molecule is CC(C)Oc1cccc(CN(C)C(=O)c2ccnc(N3CCOCC3)n2)c1. The smallest absolute Gasteiger partial charge is 0.272 e. The topological polar surface area (TPSA) is 67.8 Å². The van der Waals surface area contributed by atoms with Gasteiger partial charge in [0.25, 0.3) is 5.91 Å². The number of hydrogen-bond acceptors (Lipinski definition) is 6. The van der Waals surface area contributed by atoms with Gasteiger partial charge in [0.05, 0.1) is 19.3 Å². The van der Waals surface area contributed by atoms with E-state index in [9.17, 15) is 4.79 Å². The van der Waals surface area contributed by atoms with Gasteiger partial charge in [-0.05, 0) is 37.6 Å². The summed E-state index contributed by atoms with van der Waals surface area (Å²) in [5, 5.41) is 0. The highest BCUT2D eigenvalue weighted by molar-refractivity contribution is 5.92. The molecule has 0 atom stereocenters. The number of benzene rings is 1. The van der Waals surface area contributed by atoms with Gasteiger partial charge in [-0.2, -0.15) is 0 Å². The Balaban J connectivity index is 1.68. The van der Waals surface area contributed by atoms with E-state index in [1.54, 1.807) is 24.2 Å². The highest BCUT2D eigenvalue weighted by atomic mass is 16.5. The van der Waals surface area contributed by atoms with Crippen molar-refractivity contribution >= 4 is 11.9 Å². The molecule has 0 bridgehead atoms. The predicted molar refractivity (Wildman–Crippen MR) is 103 cm³/mol. The van der Waals surface area contributed by atoms with Crippen molar-refractivity contribution < 1.29 is 14.3 Å². The standard InChI is InChI=1S/C20H26N4O3/c1-15(2)27-17-6-4-5-16(13-17)14-23(3)19(25)18-7-8-21-20(22-18)24-9-11-26-12-10-24/h4-8,13,15H,9-12,14H2,1-3H3. The second kappa shape index (κ2) is 8.81. The maximum Gasteiger partial charge on any atom is 0.272 e. The maximum atomic E-state index is 12.8. The van der Waals surface area contributed by atoms with Gasteiger partial charge in [-0.1, -0.05) is 12.1 Å². The summed E-state index contributed by atoms with van der Waals surface area (Å²) in [6.07, 6.45) is 1.75. The largest absolute Gasteiger partial charge is 0.491 e. The fraction of sp³-hybridized carbons (Fsp3) is 0.450. The molecule has 27 heavy (non-hydrogen) atoms. The molecule has 1 saturated heterocycles. The van der Waals surface area contributed by atoms with Crippen molar-refractivity contribution in [3.8, 4) is 5.75 Å². The average Bonchev–Trinajstić information content (AvgIpc) is 2.68. The van der Waals surface area contributed by atoms with Crippen LogP contribution in [0.2, 0.25) is 0 Å². The fourth-order valence-electron chi connectivity index (χ4n) is 2.91. The quantitative estimate of drug-likeness (QED) is 0.778. The van der Waals surface area contributed by atoms with Crippen molar-refractivity contribution in [3.63, 3.8) is 0 Å².